The van der Waals surface area contributed by atoms with Crippen molar-refractivity contribution in [3.63, 3.8) is 0 Å². The van der Waals surface area contributed by atoms with Crippen molar-refractivity contribution in [3.8, 4) is 11.5 Å². The summed E-state index contributed by atoms with van der Waals surface area (Å²) in [4.78, 5) is 26.2. The van der Waals surface area contributed by atoms with E-state index in [2.05, 4.69) is 0 Å². The number of esters is 2. The molecule has 0 atom stereocenters. The molecule has 0 unspecified atom stereocenters. The Kier molecular flexibility index (Phi) is 6.82. The molecule has 30 heavy (non-hydrogen) atoms. The lowest BCUT2D eigenvalue weighted by molar-refractivity contribution is -0.139. The quantitative estimate of drug-likeness (QED) is 0.583. The number of allylic oxidation sites excluding steroid dienone is 2. The molecule has 0 aliphatic carbocycles. The minimum absolute atomic E-state index is 0.00562. The first-order valence-corrected chi connectivity index (χ1v) is 9.48. The van der Waals surface area contributed by atoms with E-state index in [-0.39, 0.29) is 11.3 Å². The van der Waals surface area contributed by atoms with E-state index in [9.17, 15) is 9.59 Å². The van der Waals surface area contributed by atoms with Crippen LogP contribution in [0.2, 0.25) is 10.0 Å². The van der Waals surface area contributed by atoms with Crippen molar-refractivity contribution in [2.45, 2.75) is 0 Å². The zero-order chi connectivity index (χ0) is 21.7. The number of carbonyl (C=O) groups is 2. The summed E-state index contributed by atoms with van der Waals surface area (Å²) in [6.45, 7) is 0. The van der Waals surface area contributed by atoms with Crippen molar-refractivity contribution in [3.05, 3.63) is 88.2 Å². The van der Waals surface area contributed by atoms with Gasteiger partial charge in [0.2, 0.25) is 0 Å². The third-order valence-corrected chi connectivity index (χ3v) is 4.64. The van der Waals surface area contributed by atoms with Gasteiger partial charge in [-0.2, -0.15) is 0 Å². The smallest absolute Gasteiger partial charge is 0.355 e. The number of hydrogen-bond donors (Lipinski definition) is 0. The molecule has 1 aliphatic heterocycles. The number of nitrogens with zero attached hydrogens (tertiary/aromatic N) is 1. The molecule has 0 N–H and O–H groups in total. The normalized spacial score (nSPS) is 13.1. The van der Waals surface area contributed by atoms with Gasteiger partial charge < -0.3 is 19.1 Å². The molecule has 0 fully saturated rings. The summed E-state index contributed by atoms with van der Waals surface area (Å²) < 4.78 is 15.5. The third kappa shape index (κ3) is 4.67. The van der Waals surface area contributed by atoms with Gasteiger partial charge >= 0.3 is 11.9 Å². The Hall–Kier alpha value is -3.22. The van der Waals surface area contributed by atoms with Crippen LogP contribution in [0.4, 0.5) is 5.69 Å². The van der Waals surface area contributed by atoms with Gasteiger partial charge in [0, 0.05) is 16.9 Å². The summed E-state index contributed by atoms with van der Waals surface area (Å²) in [6.07, 6.45) is 6.38. The Morgan fingerprint density at radius 2 is 1.70 bits per heavy atom. The van der Waals surface area contributed by atoms with Crippen molar-refractivity contribution >= 4 is 40.8 Å². The molecule has 0 aromatic heterocycles. The van der Waals surface area contributed by atoms with Crippen LogP contribution in [0.3, 0.4) is 0 Å². The van der Waals surface area contributed by atoms with E-state index in [1.54, 1.807) is 60.8 Å². The SMILES string of the molecule is COC(=O)C1=C(C(=O)OC)N(c2ccc(Oc3cccc(Cl)c3)c(Cl)c2)C=CC=C1. The molecule has 3 rings (SSSR count). The van der Waals surface area contributed by atoms with E-state index in [0.717, 1.165) is 0 Å². The highest BCUT2D eigenvalue weighted by Gasteiger charge is 2.27. The Labute approximate surface area is 183 Å². The molecule has 2 aromatic rings. The molecule has 8 heteroatoms. The van der Waals surface area contributed by atoms with Crippen molar-refractivity contribution in [2.75, 3.05) is 19.1 Å². The zero-order valence-corrected chi connectivity index (χ0v) is 17.6. The highest BCUT2D eigenvalue weighted by Crippen LogP contribution is 2.35. The van der Waals surface area contributed by atoms with E-state index < -0.39 is 11.9 Å². The Morgan fingerprint density at radius 1 is 0.933 bits per heavy atom. The van der Waals surface area contributed by atoms with Gasteiger partial charge in [-0.05, 0) is 48.6 Å². The number of carbonyl (C=O) groups excluding carboxylic acids is 2. The van der Waals surface area contributed by atoms with Gasteiger partial charge in [-0.3, -0.25) is 0 Å². The predicted octanol–water partition coefficient (Wildman–Crippen LogP) is 5.28. The van der Waals surface area contributed by atoms with Crippen molar-refractivity contribution < 1.29 is 23.8 Å². The fraction of sp³-hybridized carbons (Fsp3) is 0.0909. The molecule has 1 heterocycles. The number of hydrogen-bond acceptors (Lipinski definition) is 6. The summed E-state index contributed by atoms with van der Waals surface area (Å²) in [5, 5.41) is 0.826. The first-order valence-electron chi connectivity index (χ1n) is 8.72. The Bertz CT molecular complexity index is 1070. The fourth-order valence-corrected chi connectivity index (χ4v) is 3.14. The number of halogens is 2. The van der Waals surface area contributed by atoms with E-state index in [1.807, 2.05) is 0 Å². The molecular formula is C22H17Cl2NO5. The van der Waals surface area contributed by atoms with Gasteiger partial charge in [0.25, 0.3) is 0 Å². The van der Waals surface area contributed by atoms with Gasteiger partial charge in [0.1, 0.15) is 17.2 Å². The zero-order valence-electron chi connectivity index (χ0n) is 16.1. The van der Waals surface area contributed by atoms with Crippen molar-refractivity contribution in [1.82, 2.24) is 0 Å². The monoisotopic (exact) mass is 445 g/mol. The van der Waals surface area contributed by atoms with Crippen LogP contribution in [0.25, 0.3) is 0 Å². The van der Waals surface area contributed by atoms with E-state index >= 15 is 0 Å². The first-order chi connectivity index (χ1) is 14.4. The summed E-state index contributed by atoms with van der Waals surface area (Å²) in [5.41, 5.74) is 0.554. The van der Waals surface area contributed by atoms with Crippen LogP contribution >= 0.6 is 23.2 Å². The Balaban J connectivity index is 2.01. The summed E-state index contributed by atoms with van der Waals surface area (Å²) in [5.74, 6) is -0.454. The molecule has 0 spiro atoms. The minimum Gasteiger partial charge on any atom is -0.465 e. The standard InChI is InChI=1S/C22H17Cl2NO5/c1-28-21(26)17-8-3-4-11-25(20(17)22(27)29-2)15-9-10-19(18(24)13-15)30-16-7-5-6-14(23)12-16/h3-13H,1-2H3. The largest absolute Gasteiger partial charge is 0.465 e. The highest BCUT2D eigenvalue weighted by atomic mass is 35.5. The first kappa shape index (κ1) is 21.5. The van der Waals surface area contributed by atoms with Crippen LogP contribution in [0.15, 0.2) is 78.2 Å². The number of ether oxygens (including phenoxy) is 3. The minimum atomic E-state index is -0.707. The molecular weight excluding hydrogens is 429 g/mol. The molecule has 0 saturated heterocycles. The van der Waals surface area contributed by atoms with Gasteiger partial charge in [0.15, 0.2) is 0 Å². The van der Waals surface area contributed by atoms with Crippen LogP contribution < -0.4 is 9.64 Å². The third-order valence-electron chi connectivity index (χ3n) is 4.11. The summed E-state index contributed by atoms with van der Waals surface area (Å²) in [7, 11) is 2.47. The van der Waals surface area contributed by atoms with Crippen LogP contribution in [-0.2, 0) is 19.1 Å². The van der Waals surface area contributed by atoms with Crippen LogP contribution in [0, 0.1) is 0 Å². The second kappa shape index (κ2) is 9.52. The lowest BCUT2D eigenvalue weighted by Gasteiger charge is -2.23. The van der Waals surface area contributed by atoms with Crippen LogP contribution in [0.1, 0.15) is 0 Å². The van der Waals surface area contributed by atoms with Crippen molar-refractivity contribution in [1.29, 1.82) is 0 Å². The molecule has 0 bridgehead atoms. The predicted molar refractivity (Wildman–Crippen MR) is 115 cm³/mol. The van der Waals surface area contributed by atoms with Crippen LogP contribution in [-0.4, -0.2) is 26.2 Å². The van der Waals surface area contributed by atoms with Crippen molar-refractivity contribution in [2.24, 2.45) is 0 Å². The lowest BCUT2D eigenvalue weighted by Crippen LogP contribution is -2.26. The molecule has 2 aromatic carbocycles. The number of rotatable bonds is 5. The van der Waals surface area contributed by atoms with E-state index in [0.29, 0.717) is 27.2 Å². The summed E-state index contributed by atoms with van der Waals surface area (Å²) in [6, 6.07) is 11.9. The van der Waals surface area contributed by atoms with E-state index in [1.165, 1.54) is 25.2 Å². The van der Waals surface area contributed by atoms with Crippen LogP contribution in [0.5, 0.6) is 11.5 Å². The van der Waals surface area contributed by atoms with Gasteiger partial charge in [-0.25, -0.2) is 9.59 Å². The second-order valence-corrected chi connectivity index (χ2v) is 6.83. The average molecular weight is 446 g/mol. The molecule has 0 saturated carbocycles. The maximum Gasteiger partial charge on any atom is 0.355 e. The number of anilines is 1. The Morgan fingerprint density at radius 3 is 2.37 bits per heavy atom. The topological polar surface area (TPSA) is 65.1 Å². The lowest BCUT2D eigenvalue weighted by atomic mass is 10.1. The summed E-state index contributed by atoms with van der Waals surface area (Å²) >= 11 is 12.4. The molecule has 154 valence electrons. The second-order valence-electron chi connectivity index (χ2n) is 5.99. The molecule has 0 amide bonds. The number of benzene rings is 2. The fourth-order valence-electron chi connectivity index (χ4n) is 2.75. The molecule has 0 radical (unpaired) electrons. The maximum atomic E-state index is 12.5. The maximum absolute atomic E-state index is 12.5. The molecule has 1 aliphatic rings. The average Bonchev–Trinajstić information content (AvgIpc) is 2.97. The van der Waals surface area contributed by atoms with Gasteiger partial charge in [-0.1, -0.05) is 35.3 Å². The highest BCUT2D eigenvalue weighted by molar-refractivity contribution is 6.32. The van der Waals surface area contributed by atoms with Gasteiger partial charge in [0.05, 0.1) is 24.8 Å². The van der Waals surface area contributed by atoms with E-state index in [4.69, 9.17) is 37.4 Å². The van der Waals surface area contributed by atoms with Gasteiger partial charge in [-0.15, -0.1) is 0 Å². The molecule has 6 nitrogen and oxygen atoms in total. The number of methoxy groups -OCH3 is 2.